The van der Waals surface area contributed by atoms with E-state index >= 15 is 0 Å². The van der Waals surface area contributed by atoms with E-state index in [-0.39, 0.29) is 17.4 Å². The third-order valence-electron chi connectivity index (χ3n) is 3.86. The molecule has 3 N–H and O–H groups in total. The van der Waals surface area contributed by atoms with Crippen molar-refractivity contribution in [2.24, 2.45) is 22.6 Å². The number of aliphatic hydroxyl groups is 1. The molecule has 2 aromatic carbocycles. The maximum Gasteiger partial charge on any atom is 0.119 e. The van der Waals surface area contributed by atoms with Gasteiger partial charge < -0.3 is 19.4 Å². The summed E-state index contributed by atoms with van der Waals surface area (Å²) in [5.41, 5.74) is 0.667. The molecule has 0 heterocycles. The highest BCUT2D eigenvalue weighted by Gasteiger charge is 2.23. The molecule has 182 valence electrons. The predicted octanol–water partition coefficient (Wildman–Crippen LogP) is 5.87. The number of nitrogens with two attached hydrogens (primary N) is 1. The maximum atomic E-state index is 9.01. The highest BCUT2D eigenvalue weighted by atomic mass is 16.6. The molecule has 5 nitrogen and oxygen atoms in total. The Bertz CT molecular complexity index is 640. The molecular weight excluding hydrogens is 402 g/mol. The largest absolute Gasteiger partial charge is 0.493 e. The fraction of sp³-hybridized carbons (Fsp3) is 0.556. The molecule has 5 heteroatoms. The van der Waals surface area contributed by atoms with Crippen molar-refractivity contribution in [3.8, 4) is 5.75 Å². The van der Waals surface area contributed by atoms with Crippen LogP contribution in [0.4, 0.5) is 0 Å². The first-order chi connectivity index (χ1) is 15.0. The number of aliphatic hydroxyl groups excluding tert-OH is 1. The van der Waals surface area contributed by atoms with E-state index in [9.17, 15) is 0 Å². The van der Waals surface area contributed by atoms with Crippen LogP contribution < -0.4 is 10.6 Å². The van der Waals surface area contributed by atoms with E-state index in [1.807, 2.05) is 74.5 Å². The monoisotopic (exact) mass is 447 g/mol. The molecular formula is C27H45NO4. The Morgan fingerprint density at radius 3 is 1.53 bits per heavy atom. The Kier molecular flexibility index (Phi) is 15.7. The lowest BCUT2D eigenvalue weighted by molar-refractivity contribution is -0.0336. The molecule has 0 atom stereocenters. The number of benzene rings is 2. The minimum Gasteiger partial charge on any atom is -0.493 e. The first-order valence-electron chi connectivity index (χ1n) is 11.2. The Labute approximate surface area is 195 Å². The van der Waals surface area contributed by atoms with Crippen LogP contribution in [0.15, 0.2) is 60.7 Å². The number of hydrogen-bond acceptors (Lipinski definition) is 5. The molecule has 32 heavy (non-hydrogen) atoms. The second-order valence-electron chi connectivity index (χ2n) is 10.1. The number of ether oxygens (including phenoxy) is 2. The third kappa shape index (κ3) is 17.7. The second kappa shape index (κ2) is 16.7. The van der Waals surface area contributed by atoms with Crippen molar-refractivity contribution in [2.75, 3.05) is 26.4 Å². The van der Waals surface area contributed by atoms with Gasteiger partial charge in [0.1, 0.15) is 5.75 Å². The van der Waals surface area contributed by atoms with E-state index in [1.165, 1.54) is 0 Å². The molecule has 0 fully saturated rings. The Morgan fingerprint density at radius 2 is 1.16 bits per heavy atom. The van der Waals surface area contributed by atoms with Crippen molar-refractivity contribution in [3.05, 3.63) is 66.2 Å². The Hall–Kier alpha value is -1.92. The normalized spacial score (nSPS) is 11.2. The summed E-state index contributed by atoms with van der Waals surface area (Å²) in [5, 5.41) is 9.01. The van der Waals surface area contributed by atoms with Gasteiger partial charge in [0.15, 0.2) is 0 Å². The van der Waals surface area contributed by atoms with Gasteiger partial charge in [-0.2, -0.15) is 0 Å². The van der Waals surface area contributed by atoms with Crippen molar-refractivity contribution in [1.29, 1.82) is 0 Å². The van der Waals surface area contributed by atoms with E-state index in [1.54, 1.807) is 0 Å². The molecule has 0 aliphatic rings. The van der Waals surface area contributed by atoms with Crippen molar-refractivity contribution in [2.45, 2.75) is 55.1 Å². The summed E-state index contributed by atoms with van der Waals surface area (Å²) in [6.45, 7) is 17.0. The highest BCUT2D eigenvalue weighted by molar-refractivity contribution is 5.26. The zero-order chi connectivity index (χ0) is 24.5. The van der Waals surface area contributed by atoms with Crippen LogP contribution in [-0.2, 0) is 16.2 Å². The predicted molar refractivity (Wildman–Crippen MR) is 133 cm³/mol. The lowest BCUT2D eigenvalue weighted by Gasteiger charge is -2.28. The van der Waals surface area contributed by atoms with Crippen LogP contribution >= 0.6 is 0 Å². The first-order valence-corrected chi connectivity index (χ1v) is 11.2. The summed E-state index contributed by atoms with van der Waals surface area (Å²) in [6, 6.07) is 19.4. The van der Waals surface area contributed by atoms with Crippen LogP contribution in [0.1, 0.15) is 54.0 Å². The lowest BCUT2D eigenvalue weighted by Crippen LogP contribution is -2.32. The third-order valence-corrected chi connectivity index (χ3v) is 3.86. The van der Waals surface area contributed by atoms with E-state index < -0.39 is 0 Å². The fourth-order valence-electron chi connectivity index (χ4n) is 2.27. The van der Waals surface area contributed by atoms with E-state index in [2.05, 4.69) is 34.6 Å². The van der Waals surface area contributed by atoms with Crippen LogP contribution in [-0.4, -0.2) is 31.5 Å². The summed E-state index contributed by atoms with van der Waals surface area (Å²) in [5.74, 6) is 6.74. The first kappa shape index (κ1) is 30.1. The van der Waals surface area contributed by atoms with Gasteiger partial charge in [-0.3, -0.25) is 0 Å². The van der Waals surface area contributed by atoms with Crippen molar-refractivity contribution in [1.82, 2.24) is 0 Å². The molecule has 0 bridgehead atoms. The summed E-state index contributed by atoms with van der Waals surface area (Å²) >= 11 is 0. The molecule has 0 aliphatic heterocycles. The molecule has 0 aliphatic carbocycles. The fourth-order valence-corrected chi connectivity index (χ4v) is 2.27. The van der Waals surface area contributed by atoms with E-state index in [0.29, 0.717) is 26.4 Å². The van der Waals surface area contributed by atoms with Crippen LogP contribution in [0, 0.1) is 16.7 Å². The van der Waals surface area contributed by atoms with Gasteiger partial charge in [0, 0.05) is 10.8 Å². The lowest BCUT2D eigenvalue weighted by atomic mass is 9.94. The summed E-state index contributed by atoms with van der Waals surface area (Å²) in [4.78, 5) is 4.69. The molecule has 0 saturated heterocycles. The average molecular weight is 448 g/mol. The van der Waals surface area contributed by atoms with Gasteiger partial charge in [-0.05, 0) is 23.6 Å². The quantitative estimate of drug-likeness (QED) is 0.446. The Morgan fingerprint density at radius 1 is 0.750 bits per heavy atom. The molecule has 0 radical (unpaired) electrons. The van der Waals surface area contributed by atoms with Gasteiger partial charge in [0.05, 0.1) is 33.0 Å². The summed E-state index contributed by atoms with van der Waals surface area (Å²) in [6.07, 6.45) is 0. The van der Waals surface area contributed by atoms with Gasteiger partial charge >= 0.3 is 0 Å². The zero-order valence-electron chi connectivity index (χ0n) is 21.1. The number of hydrogen-bond donors (Lipinski definition) is 2. The van der Waals surface area contributed by atoms with E-state index in [4.69, 9.17) is 25.3 Å². The molecule has 0 spiro atoms. The van der Waals surface area contributed by atoms with Crippen LogP contribution in [0.5, 0.6) is 5.75 Å². The minimum atomic E-state index is -0.105. The molecule has 0 saturated carbocycles. The summed E-state index contributed by atoms with van der Waals surface area (Å²) in [7, 11) is 0. The minimum absolute atomic E-state index is 0.0436. The van der Waals surface area contributed by atoms with Gasteiger partial charge in [-0.15, -0.1) is 0 Å². The van der Waals surface area contributed by atoms with Crippen molar-refractivity contribution < 1.29 is 19.4 Å². The highest BCUT2D eigenvalue weighted by Crippen LogP contribution is 2.22. The van der Waals surface area contributed by atoms with E-state index in [0.717, 1.165) is 17.2 Å². The zero-order valence-corrected chi connectivity index (χ0v) is 21.1. The molecule has 2 aromatic rings. The SMILES string of the molecule is CC(C)(CON)COCC(C)(C)COc1ccc(CO)cc1.CC(C)C.c1ccccc1. The smallest absolute Gasteiger partial charge is 0.119 e. The number of rotatable bonds is 10. The van der Waals surface area contributed by atoms with Crippen LogP contribution in [0.2, 0.25) is 0 Å². The van der Waals surface area contributed by atoms with Gasteiger partial charge in [0.2, 0.25) is 0 Å². The van der Waals surface area contributed by atoms with Gasteiger partial charge in [-0.1, -0.05) is 97.0 Å². The molecule has 2 rings (SSSR count). The van der Waals surface area contributed by atoms with Crippen molar-refractivity contribution in [3.63, 3.8) is 0 Å². The van der Waals surface area contributed by atoms with Crippen LogP contribution in [0.25, 0.3) is 0 Å². The molecule has 0 aromatic heterocycles. The maximum absolute atomic E-state index is 9.01. The summed E-state index contributed by atoms with van der Waals surface area (Å²) < 4.78 is 11.6. The van der Waals surface area contributed by atoms with Gasteiger partial charge in [-0.25, -0.2) is 5.90 Å². The standard InChI is InChI=1S/C17H29NO4.C6H6.C4H10/c1-16(2,10-20-11-17(3,4)13-22-18)12-21-15-7-5-14(9-19)6-8-15;1-2-4-6-5-3-1;1-4(2)3/h5-8,19H,9-13,18H2,1-4H3;1-6H;4H,1-3H3. The second-order valence-corrected chi connectivity index (χ2v) is 10.1. The van der Waals surface area contributed by atoms with Crippen molar-refractivity contribution >= 4 is 0 Å². The molecule has 0 unspecified atom stereocenters. The Balaban J connectivity index is 0.000000787. The average Bonchev–Trinajstić information content (AvgIpc) is 2.74. The molecule has 0 amide bonds. The van der Waals surface area contributed by atoms with Crippen LogP contribution in [0.3, 0.4) is 0 Å². The topological polar surface area (TPSA) is 73.9 Å². The van der Waals surface area contributed by atoms with Gasteiger partial charge in [0.25, 0.3) is 0 Å².